The van der Waals surface area contributed by atoms with Crippen molar-refractivity contribution in [2.75, 3.05) is 12.1 Å². The SMILES string of the molecule is [2H][C@@]1(n2ccc(NO)nc2=O)O[C@H](COC(=O)[C@H](N)C[Se])[C@@H](O)[C@H]1O. The van der Waals surface area contributed by atoms with Gasteiger partial charge in [-0.05, 0) is 0 Å². The van der Waals surface area contributed by atoms with Crippen molar-refractivity contribution in [3.63, 3.8) is 0 Å². The summed E-state index contributed by atoms with van der Waals surface area (Å²) in [6.07, 6.45) is -6.02. The molecular weight excluding hydrogens is 391 g/mol. The van der Waals surface area contributed by atoms with Crippen LogP contribution in [-0.2, 0) is 14.3 Å². The molecule has 133 valence electrons. The number of ether oxygens (including phenoxy) is 2. The molecule has 5 atom stereocenters. The van der Waals surface area contributed by atoms with Gasteiger partial charge in [-0.15, -0.1) is 0 Å². The summed E-state index contributed by atoms with van der Waals surface area (Å²) in [5.41, 5.74) is 6.13. The van der Waals surface area contributed by atoms with E-state index >= 15 is 0 Å². The van der Waals surface area contributed by atoms with Crippen LogP contribution in [0.5, 0.6) is 0 Å². The number of hydrogen-bond acceptors (Lipinski definition) is 10. The maximum absolute atomic E-state index is 11.9. The van der Waals surface area contributed by atoms with Gasteiger partial charge < -0.3 is 0 Å². The molecule has 0 aliphatic carbocycles. The van der Waals surface area contributed by atoms with E-state index < -0.39 is 48.8 Å². The Balaban J connectivity index is 2.18. The molecule has 2 rings (SSSR count). The molecule has 0 aromatic carbocycles. The first kappa shape index (κ1) is 17.3. The predicted molar refractivity (Wildman–Crippen MR) is 79.3 cm³/mol. The van der Waals surface area contributed by atoms with Crippen LogP contribution in [0.25, 0.3) is 0 Å². The number of hydrogen-bond donors (Lipinski definition) is 5. The van der Waals surface area contributed by atoms with Crippen LogP contribution < -0.4 is 16.9 Å². The van der Waals surface area contributed by atoms with Gasteiger partial charge >= 0.3 is 134 Å². The number of aliphatic hydroxyl groups is 2. The molecule has 1 aliphatic heterocycles. The molecule has 1 radical (unpaired) electrons. The molecule has 11 nitrogen and oxygen atoms in total. The third kappa shape index (κ3) is 3.92. The van der Waals surface area contributed by atoms with Crippen LogP contribution in [0.2, 0.25) is 5.32 Å². The van der Waals surface area contributed by atoms with E-state index in [0.29, 0.717) is 4.57 Å². The van der Waals surface area contributed by atoms with E-state index in [1.807, 2.05) is 0 Å². The molecule has 1 aromatic heterocycles. The summed E-state index contributed by atoms with van der Waals surface area (Å²) in [5.74, 6) is -0.919. The zero-order valence-corrected chi connectivity index (χ0v) is 13.9. The molecule has 1 aromatic rings. The quantitative estimate of drug-likeness (QED) is 0.187. The van der Waals surface area contributed by atoms with Crippen LogP contribution in [0.15, 0.2) is 17.1 Å². The van der Waals surface area contributed by atoms with Crippen molar-refractivity contribution in [1.82, 2.24) is 9.55 Å². The van der Waals surface area contributed by atoms with Crippen LogP contribution >= 0.6 is 0 Å². The Kier molecular flexibility index (Phi) is 5.79. The van der Waals surface area contributed by atoms with Crippen LogP contribution in [0.3, 0.4) is 0 Å². The van der Waals surface area contributed by atoms with Gasteiger partial charge in [0, 0.05) is 0 Å². The first-order valence-electron chi connectivity index (χ1n) is 7.29. The van der Waals surface area contributed by atoms with E-state index in [4.69, 9.17) is 21.8 Å². The van der Waals surface area contributed by atoms with Gasteiger partial charge in [0.2, 0.25) is 0 Å². The number of carbonyl (C=O) groups is 1. The molecular formula is C12H17N4O7Se. The minimum absolute atomic E-state index is 0.172. The van der Waals surface area contributed by atoms with E-state index in [2.05, 4.69) is 21.0 Å². The van der Waals surface area contributed by atoms with Crippen molar-refractivity contribution in [2.45, 2.75) is 35.9 Å². The van der Waals surface area contributed by atoms with Crippen molar-refractivity contribution < 1.29 is 31.1 Å². The van der Waals surface area contributed by atoms with Crippen molar-refractivity contribution in [3.8, 4) is 0 Å². The average Bonchev–Trinajstić information content (AvgIpc) is 2.83. The molecule has 1 saturated heterocycles. The number of aliphatic hydroxyl groups excluding tert-OH is 2. The Hall–Kier alpha value is -1.53. The average molecular weight is 409 g/mol. The van der Waals surface area contributed by atoms with Crippen molar-refractivity contribution in [3.05, 3.63) is 22.7 Å². The molecule has 12 heteroatoms. The fourth-order valence-corrected chi connectivity index (χ4v) is 2.23. The molecule has 0 amide bonds. The van der Waals surface area contributed by atoms with Crippen LogP contribution in [0.1, 0.15) is 7.57 Å². The number of anilines is 1. The number of carbonyl (C=O) groups excluding carboxylic acids is 1. The summed E-state index contributed by atoms with van der Waals surface area (Å²) < 4.78 is 19.0. The summed E-state index contributed by atoms with van der Waals surface area (Å²) in [7, 11) is 0. The zero-order valence-electron chi connectivity index (χ0n) is 13.2. The van der Waals surface area contributed by atoms with Crippen molar-refractivity contribution in [1.29, 1.82) is 0 Å². The molecule has 24 heavy (non-hydrogen) atoms. The van der Waals surface area contributed by atoms with E-state index in [9.17, 15) is 19.8 Å². The number of nitrogens with zero attached hydrogens (tertiary/aromatic N) is 2. The van der Waals surface area contributed by atoms with Gasteiger partial charge in [-0.25, -0.2) is 0 Å². The number of nitrogens with two attached hydrogens (primary N) is 1. The number of esters is 1. The standard InChI is InChI=1S/C12H17N4O7Se/c13-5(4-24)11(19)22-3-6-8(17)9(18)10(23-6)16-2-1-7(15-21)14-12(16)20/h1-2,5-6,8-10,17-18,21H,3-4,13H2,(H,14,15,20)/t5-,6-,8-,9-,10-/m1/s1/i10D. The molecule has 0 bridgehead atoms. The van der Waals surface area contributed by atoms with Gasteiger partial charge in [0.1, 0.15) is 0 Å². The van der Waals surface area contributed by atoms with Crippen LogP contribution in [0, 0.1) is 0 Å². The van der Waals surface area contributed by atoms with Crippen LogP contribution in [0.4, 0.5) is 5.82 Å². The van der Waals surface area contributed by atoms with E-state index in [0.717, 1.165) is 12.3 Å². The minimum atomic E-state index is -2.39. The van der Waals surface area contributed by atoms with Gasteiger partial charge in [-0.2, -0.15) is 0 Å². The van der Waals surface area contributed by atoms with Crippen molar-refractivity contribution >= 4 is 27.8 Å². The second-order valence-corrected chi connectivity index (χ2v) is 5.61. The molecule has 2 heterocycles. The number of nitrogens with one attached hydrogen (secondary N) is 1. The van der Waals surface area contributed by atoms with Crippen molar-refractivity contribution in [2.24, 2.45) is 5.73 Å². The fraction of sp³-hybridized carbons (Fsp3) is 0.583. The molecule has 0 saturated carbocycles. The Morgan fingerprint density at radius 3 is 2.92 bits per heavy atom. The van der Waals surface area contributed by atoms with Gasteiger partial charge in [-0.3, -0.25) is 10.7 Å². The van der Waals surface area contributed by atoms with Gasteiger partial charge in [0.15, 0.2) is 0 Å². The summed E-state index contributed by atoms with van der Waals surface area (Å²) in [5, 5.41) is 29.1. The monoisotopic (exact) mass is 410 g/mol. The third-order valence-electron chi connectivity index (χ3n) is 3.26. The molecule has 6 N–H and O–H groups in total. The van der Waals surface area contributed by atoms with Gasteiger partial charge in [-0.1, -0.05) is 0 Å². The zero-order chi connectivity index (χ0) is 18.8. The van der Waals surface area contributed by atoms with E-state index in [1.165, 1.54) is 0 Å². The third-order valence-corrected chi connectivity index (χ3v) is 4.01. The predicted octanol–water partition coefficient (Wildman–Crippen LogP) is -2.88. The summed E-state index contributed by atoms with van der Waals surface area (Å²) in [4.78, 5) is 26.9. The molecule has 0 spiro atoms. The Morgan fingerprint density at radius 1 is 1.62 bits per heavy atom. The maximum atomic E-state index is 11.9. The molecule has 1 aliphatic rings. The number of rotatable bonds is 6. The summed E-state index contributed by atoms with van der Waals surface area (Å²) >= 11 is 2.57. The van der Waals surface area contributed by atoms with Gasteiger partial charge in [0.25, 0.3) is 0 Å². The Morgan fingerprint density at radius 2 is 2.33 bits per heavy atom. The topological polar surface area (TPSA) is 169 Å². The second-order valence-electron chi connectivity index (χ2n) is 4.91. The molecule has 0 unspecified atom stereocenters. The van der Waals surface area contributed by atoms with E-state index in [1.54, 1.807) is 5.48 Å². The van der Waals surface area contributed by atoms with Crippen LogP contribution in [-0.4, -0.2) is 77.9 Å². The molecule has 1 fully saturated rings. The summed E-state index contributed by atoms with van der Waals surface area (Å²) in [6, 6.07) is 0.263. The van der Waals surface area contributed by atoms with E-state index in [-0.39, 0.29) is 11.1 Å². The first-order chi connectivity index (χ1) is 11.7. The normalized spacial score (nSPS) is 31.4. The fourth-order valence-electron chi connectivity index (χ4n) is 1.95. The van der Waals surface area contributed by atoms with Gasteiger partial charge in [0.05, 0.1) is 0 Å². The summed E-state index contributed by atoms with van der Waals surface area (Å²) in [6.45, 7) is -0.468. The second kappa shape index (κ2) is 8.03. The Labute approximate surface area is 145 Å². The number of aromatic nitrogens is 2. The Bertz CT molecular complexity index is 692. The first-order valence-corrected chi connectivity index (χ1v) is 8.00.